The van der Waals surface area contributed by atoms with E-state index in [0.29, 0.717) is 11.1 Å². The molecule has 0 atom stereocenters. The number of rotatable bonds is 4. The molecule has 1 aliphatic heterocycles. The summed E-state index contributed by atoms with van der Waals surface area (Å²) in [6, 6.07) is 13.1. The summed E-state index contributed by atoms with van der Waals surface area (Å²) in [6.45, 7) is 6.27. The summed E-state index contributed by atoms with van der Waals surface area (Å²) in [7, 11) is 1.70. The van der Waals surface area contributed by atoms with Crippen LogP contribution in [-0.2, 0) is 6.54 Å². The Morgan fingerprint density at radius 2 is 1.93 bits per heavy atom. The van der Waals surface area contributed by atoms with Crippen LogP contribution in [0.15, 0.2) is 51.7 Å². The summed E-state index contributed by atoms with van der Waals surface area (Å²) < 4.78 is 10.8. The predicted octanol–water partition coefficient (Wildman–Crippen LogP) is 1.72. The number of nitrogens with zero attached hydrogens (tertiary/aromatic N) is 1. The highest BCUT2D eigenvalue weighted by atomic mass is 16.5. The van der Waals surface area contributed by atoms with Gasteiger partial charge in [0.15, 0.2) is 0 Å². The Bertz CT molecular complexity index is 1050. The zero-order valence-corrected chi connectivity index (χ0v) is 16.2. The number of anilines is 1. The Balaban J connectivity index is 1.52. The van der Waals surface area contributed by atoms with Gasteiger partial charge in [0.1, 0.15) is 23.6 Å². The topological polar surface area (TPSA) is 67.4 Å². The number of phenols is 1. The van der Waals surface area contributed by atoms with Crippen molar-refractivity contribution in [3.05, 3.63) is 64.0 Å². The Morgan fingerprint density at radius 3 is 2.68 bits per heavy atom. The molecule has 0 saturated carbocycles. The van der Waals surface area contributed by atoms with Crippen molar-refractivity contribution < 1.29 is 19.2 Å². The van der Waals surface area contributed by atoms with E-state index in [2.05, 4.69) is 11.0 Å². The summed E-state index contributed by atoms with van der Waals surface area (Å²) in [6.07, 6.45) is 0. The zero-order chi connectivity index (χ0) is 19.7. The molecular weight excluding hydrogens is 356 g/mol. The number of aromatic hydroxyl groups is 1. The Labute approximate surface area is 163 Å². The van der Waals surface area contributed by atoms with Gasteiger partial charge in [0.25, 0.3) is 0 Å². The van der Waals surface area contributed by atoms with Crippen molar-refractivity contribution in [3.8, 4) is 11.5 Å². The Morgan fingerprint density at radius 1 is 1.18 bits per heavy atom. The highest BCUT2D eigenvalue weighted by Crippen LogP contribution is 2.28. The van der Waals surface area contributed by atoms with Gasteiger partial charge in [-0.2, -0.15) is 0 Å². The lowest BCUT2D eigenvalue weighted by molar-refractivity contribution is -0.914. The van der Waals surface area contributed by atoms with Crippen LogP contribution in [0.1, 0.15) is 11.1 Å². The van der Waals surface area contributed by atoms with E-state index in [1.807, 2.05) is 18.2 Å². The predicted molar refractivity (Wildman–Crippen MR) is 108 cm³/mol. The molecule has 1 aromatic heterocycles. The molecular formula is C22H25N2O4+. The Hall–Kier alpha value is -2.99. The van der Waals surface area contributed by atoms with E-state index in [-0.39, 0.29) is 11.4 Å². The number of para-hydroxylation sites is 2. The van der Waals surface area contributed by atoms with Crippen molar-refractivity contribution >= 4 is 16.7 Å². The lowest BCUT2D eigenvalue weighted by atomic mass is 10.1. The standard InChI is InChI=1S/C22H24N2O4/c1-15-11-21-17(13-19(15)25)16(12-22(26)28-21)14-23-7-9-24(10-8-23)18-5-3-4-6-20(18)27-2/h3-6,11-13,25H,7-10,14H2,1-2H3/p+1. The van der Waals surface area contributed by atoms with E-state index in [9.17, 15) is 9.90 Å². The molecule has 1 fully saturated rings. The van der Waals surface area contributed by atoms with Gasteiger partial charge in [-0.3, -0.25) is 0 Å². The van der Waals surface area contributed by atoms with E-state index >= 15 is 0 Å². The maximum Gasteiger partial charge on any atom is 0.336 e. The molecule has 28 heavy (non-hydrogen) atoms. The molecule has 1 aliphatic rings. The van der Waals surface area contributed by atoms with Crippen molar-refractivity contribution in [3.63, 3.8) is 0 Å². The van der Waals surface area contributed by atoms with E-state index in [4.69, 9.17) is 9.15 Å². The fraction of sp³-hybridized carbons (Fsp3) is 0.318. The quantitative estimate of drug-likeness (QED) is 0.674. The number of hydrogen-bond donors (Lipinski definition) is 2. The maximum absolute atomic E-state index is 12.0. The van der Waals surface area contributed by atoms with Crippen LogP contribution in [0.25, 0.3) is 11.0 Å². The molecule has 0 radical (unpaired) electrons. The van der Waals surface area contributed by atoms with E-state index in [1.165, 1.54) is 4.90 Å². The number of methoxy groups -OCH3 is 1. The first kappa shape index (κ1) is 18.4. The molecule has 0 bridgehead atoms. The number of benzene rings is 2. The van der Waals surface area contributed by atoms with E-state index < -0.39 is 0 Å². The number of quaternary nitrogens is 1. The maximum atomic E-state index is 12.0. The van der Waals surface area contributed by atoms with Crippen molar-refractivity contribution in [1.82, 2.24) is 0 Å². The van der Waals surface area contributed by atoms with Crippen LogP contribution >= 0.6 is 0 Å². The molecule has 4 rings (SSSR count). The van der Waals surface area contributed by atoms with Gasteiger partial charge in [-0.25, -0.2) is 4.79 Å². The Kier molecular flexibility index (Phi) is 4.96. The minimum absolute atomic E-state index is 0.221. The second-order valence-electron chi connectivity index (χ2n) is 7.31. The van der Waals surface area contributed by atoms with E-state index in [1.54, 1.807) is 32.2 Å². The van der Waals surface area contributed by atoms with Crippen LogP contribution in [0.5, 0.6) is 11.5 Å². The second-order valence-corrected chi connectivity index (χ2v) is 7.31. The monoisotopic (exact) mass is 381 g/mol. The normalized spacial score (nSPS) is 15.1. The molecule has 0 aliphatic carbocycles. The third kappa shape index (κ3) is 3.55. The molecule has 1 saturated heterocycles. The van der Waals surface area contributed by atoms with Gasteiger partial charge < -0.3 is 24.1 Å². The van der Waals surface area contributed by atoms with Crippen molar-refractivity contribution in [2.75, 3.05) is 38.2 Å². The number of nitrogens with one attached hydrogen (secondary N) is 1. The first-order valence-corrected chi connectivity index (χ1v) is 9.53. The van der Waals surface area contributed by atoms with Crippen molar-refractivity contribution in [1.29, 1.82) is 0 Å². The summed E-state index contributed by atoms with van der Waals surface area (Å²) in [5, 5.41) is 10.9. The number of ether oxygens (including phenoxy) is 1. The van der Waals surface area contributed by atoms with Gasteiger partial charge in [0.05, 0.1) is 39.0 Å². The number of piperazine rings is 1. The molecule has 3 aromatic rings. The molecule has 6 heteroatoms. The molecule has 2 N–H and O–H groups in total. The molecule has 6 nitrogen and oxygen atoms in total. The molecule has 146 valence electrons. The fourth-order valence-corrected chi connectivity index (χ4v) is 3.91. The molecule has 0 spiro atoms. The first-order chi connectivity index (χ1) is 13.5. The fourth-order valence-electron chi connectivity index (χ4n) is 3.91. The molecule has 0 unspecified atom stereocenters. The van der Waals surface area contributed by atoms with Gasteiger partial charge in [0, 0.05) is 17.0 Å². The molecule has 2 aromatic carbocycles. The van der Waals surface area contributed by atoms with Gasteiger partial charge >= 0.3 is 5.63 Å². The number of phenolic OH excluding ortho intramolecular Hbond substituents is 1. The van der Waals surface area contributed by atoms with Gasteiger partial charge in [0.2, 0.25) is 0 Å². The zero-order valence-electron chi connectivity index (χ0n) is 16.2. The van der Waals surface area contributed by atoms with Crippen LogP contribution < -0.4 is 20.2 Å². The van der Waals surface area contributed by atoms with Crippen LogP contribution in [0.3, 0.4) is 0 Å². The third-order valence-electron chi connectivity index (χ3n) is 5.48. The summed E-state index contributed by atoms with van der Waals surface area (Å²) >= 11 is 0. The minimum atomic E-state index is -0.348. The van der Waals surface area contributed by atoms with Crippen molar-refractivity contribution in [2.45, 2.75) is 13.5 Å². The summed E-state index contributed by atoms with van der Waals surface area (Å²) in [5.41, 5.74) is 2.92. The third-order valence-corrected chi connectivity index (χ3v) is 5.48. The molecule has 2 heterocycles. The summed E-state index contributed by atoms with van der Waals surface area (Å²) in [4.78, 5) is 15.7. The average molecular weight is 381 g/mol. The highest BCUT2D eigenvalue weighted by molar-refractivity contribution is 5.82. The number of fused-ring (bicyclic) bond motifs is 1. The smallest absolute Gasteiger partial charge is 0.336 e. The van der Waals surface area contributed by atoms with Gasteiger partial charge in [-0.1, -0.05) is 12.1 Å². The molecule has 0 amide bonds. The minimum Gasteiger partial charge on any atom is -0.508 e. The van der Waals surface area contributed by atoms with Crippen molar-refractivity contribution in [2.24, 2.45) is 0 Å². The van der Waals surface area contributed by atoms with Crippen LogP contribution in [0.4, 0.5) is 5.69 Å². The van der Waals surface area contributed by atoms with Crippen LogP contribution in [-0.4, -0.2) is 38.4 Å². The van der Waals surface area contributed by atoms with Gasteiger partial charge in [-0.15, -0.1) is 0 Å². The number of hydrogen-bond acceptors (Lipinski definition) is 5. The largest absolute Gasteiger partial charge is 0.508 e. The number of aryl methyl sites for hydroxylation is 1. The van der Waals surface area contributed by atoms with Crippen LogP contribution in [0, 0.1) is 6.92 Å². The van der Waals surface area contributed by atoms with Gasteiger partial charge in [-0.05, 0) is 36.8 Å². The lowest BCUT2D eigenvalue weighted by Gasteiger charge is -2.34. The lowest BCUT2D eigenvalue weighted by Crippen LogP contribution is -3.13. The van der Waals surface area contributed by atoms with E-state index in [0.717, 1.165) is 55.1 Å². The summed E-state index contributed by atoms with van der Waals surface area (Å²) in [5.74, 6) is 1.11. The van der Waals surface area contributed by atoms with Crippen LogP contribution in [0.2, 0.25) is 0 Å². The second kappa shape index (κ2) is 7.56. The average Bonchev–Trinajstić information content (AvgIpc) is 2.70. The SMILES string of the molecule is COc1ccccc1N1CC[NH+](Cc2cc(=O)oc3cc(C)c(O)cc23)CC1. The highest BCUT2D eigenvalue weighted by Gasteiger charge is 2.23. The first-order valence-electron chi connectivity index (χ1n) is 9.53.